The quantitative estimate of drug-likeness (QED) is 0.657. The van der Waals surface area contributed by atoms with Crippen molar-refractivity contribution in [3.63, 3.8) is 0 Å². The summed E-state index contributed by atoms with van der Waals surface area (Å²) in [5.74, 6) is 0. The van der Waals surface area contributed by atoms with Gasteiger partial charge in [-0.3, -0.25) is 9.20 Å². The number of hydrogen-bond donors (Lipinski definition) is 0. The molecule has 0 radical (unpaired) electrons. The number of fused-ring (bicyclic) bond motifs is 1. The van der Waals surface area contributed by atoms with Crippen LogP contribution in [0.3, 0.4) is 0 Å². The van der Waals surface area contributed by atoms with Crippen LogP contribution in [0.2, 0.25) is 0 Å². The Labute approximate surface area is 102 Å². The van der Waals surface area contributed by atoms with Crippen LogP contribution in [-0.2, 0) is 0 Å². The summed E-state index contributed by atoms with van der Waals surface area (Å²) in [7, 11) is 0. The molecule has 0 saturated heterocycles. The van der Waals surface area contributed by atoms with Crippen LogP contribution in [0, 0.1) is 6.92 Å². The fourth-order valence-electron chi connectivity index (χ4n) is 1.81. The van der Waals surface area contributed by atoms with Crippen molar-refractivity contribution in [2.24, 2.45) is 0 Å². The molecule has 3 aromatic rings. The first-order chi connectivity index (χ1) is 8.25. The number of aryl methyl sites for hydroxylation is 1. The van der Waals surface area contributed by atoms with Crippen molar-refractivity contribution in [3.8, 4) is 11.1 Å². The molecular weight excluding hydrogens is 232 g/mol. The maximum atomic E-state index is 12.3. The van der Waals surface area contributed by atoms with Gasteiger partial charge in [0.15, 0.2) is 4.96 Å². The molecule has 0 aliphatic rings. The lowest BCUT2D eigenvalue weighted by Crippen LogP contribution is -2.14. The third kappa shape index (κ3) is 1.66. The summed E-state index contributed by atoms with van der Waals surface area (Å²) in [4.78, 5) is 18.4. The van der Waals surface area contributed by atoms with E-state index in [1.165, 1.54) is 11.3 Å². The second-order valence-electron chi connectivity index (χ2n) is 3.84. The molecule has 0 aliphatic heterocycles. The summed E-state index contributed by atoms with van der Waals surface area (Å²) < 4.78 is 1.61. The van der Waals surface area contributed by atoms with E-state index in [1.807, 2.05) is 43.5 Å². The first kappa shape index (κ1) is 10.2. The molecule has 0 bridgehead atoms. The standard InChI is InChI=1S/C13H10N2OS/c1-9-8-15-12(16)11(7-14-13(15)17-9)10-5-3-2-4-6-10/h2-8H,1H3. The van der Waals surface area contributed by atoms with Gasteiger partial charge in [0.1, 0.15) is 0 Å². The minimum atomic E-state index is -0.00875. The Balaban J connectivity index is 2.32. The number of hydrogen-bond acceptors (Lipinski definition) is 3. The molecule has 0 aliphatic carbocycles. The second-order valence-corrected chi connectivity index (χ2v) is 5.05. The van der Waals surface area contributed by atoms with Crippen LogP contribution in [-0.4, -0.2) is 9.38 Å². The molecule has 0 atom stereocenters. The predicted octanol–water partition coefficient (Wildman–Crippen LogP) is 2.73. The molecule has 0 fully saturated rings. The van der Waals surface area contributed by atoms with Gasteiger partial charge in [-0.05, 0) is 12.5 Å². The Kier molecular flexibility index (Phi) is 2.30. The van der Waals surface area contributed by atoms with Gasteiger partial charge in [0.25, 0.3) is 5.56 Å². The molecule has 0 N–H and O–H groups in total. The molecule has 3 nitrogen and oxygen atoms in total. The average Bonchev–Trinajstić information content (AvgIpc) is 2.72. The van der Waals surface area contributed by atoms with E-state index in [0.717, 1.165) is 15.4 Å². The first-order valence-electron chi connectivity index (χ1n) is 5.29. The lowest BCUT2D eigenvalue weighted by molar-refractivity contribution is 1.07. The third-order valence-electron chi connectivity index (χ3n) is 2.61. The van der Waals surface area contributed by atoms with Gasteiger partial charge in [-0.25, -0.2) is 4.98 Å². The summed E-state index contributed by atoms with van der Waals surface area (Å²) >= 11 is 1.52. The van der Waals surface area contributed by atoms with Gasteiger partial charge in [0.05, 0.1) is 5.56 Å². The van der Waals surface area contributed by atoms with E-state index in [2.05, 4.69) is 4.98 Å². The topological polar surface area (TPSA) is 34.4 Å². The zero-order chi connectivity index (χ0) is 11.8. The SMILES string of the molecule is Cc1cn2c(=O)c(-c3ccccc3)cnc2s1. The van der Waals surface area contributed by atoms with Crippen LogP contribution in [0.5, 0.6) is 0 Å². The fraction of sp³-hybridized carbons (Fsp3) is 0.0769. The molecule has 84 valence electrons. The minimum Gasteiger partial charge on any atom is -0.268 e. The smallest absolute Gasteiger partial charge is 0.266 e. The van der Waals surface area contributed by atoms with Crippen molar-refractivity contribution in [3.05, 3.63) is 58.0 Å². The van der Waals surface area contributed by atoms with Gasteiger partial charge in [-0.15, -0.1) is 11.3 Å². The van der Waals surface area contributed by atoms with Crippen molar-refractivity contribution >= 4 is 16.3 Å². The number of rotatable bonds is 1. The number of nitrogens with zero attached hydrogens (tertiary/aromatic N) is 2. The maximum Gasteiger partial charge on any atom is 0.266 e. The fourth-order valence-corrected chi connectivity index (χ4v) is 2.60. The van der Waals surface area contributed by atoms with Gasteiger partial charge in [0, 0.05) is 17.3 Å². The van der Waals surface area contributed by atoms with Gasteiger partial charge in [0.2, 0.25) is 0 Å². The summed E-state index contributed by atoms with van der Waals surface area (Å²) in [6.07, 6.45) is 3.49. The van der Waals surface area contributed by atoms with E-state index in [4.69, 9.17) is 0 Å². The predicted molar refractivity (Wildman–Crippen MR) is 69.5 cm³/mol. The van der Waals surface area contributed by atoms with E-state index in [9.17, 15) is 4.79 Å². The van der Waals surface area contributed by atoms with E-state index in [0.29, 0.717) is 5.56 Å². The number of aromatic nitrogens is 2. The van der Waals surface area contributed by atoms with E-state index >= 15 is 0 Å². The molecule has 4 heteroatoms. The maximum absolute atomic E-state index is 12.3. The van der Waals surface area contributed by atoms with E-state index < -0.39 is 0 Å². The van der Waals surface area contributed by atoms with Crippen LogP contribution in [0.1, 0.15) is 4.88 Å². The Hall–Kier alpha value is -1.94. The summed E-state index contributed by atoms with van der Waals surface area (Å²) in [5.41, 5.74) is 1.54. The van der Waals surface area contributed by atoms with Crippen molar-refractivity contribution in [1.29, 1.82) is 0 Å². The molecule has 1 aromatic carbocycles. The Morgan fingerprint density at radius 2 is 2.00 bits per heavy atom. The van der Waals surface area contributed by atoms with Crippen molar-refractivity contribution in [2.45, 2.75) is 6.92 Å². The van der Waals surface area contributed by atoms with Crippen LogP contribution in [0.15, 0.2) is 47.5 Å². The lowest BCUT2D eigenvalue weighted by Gasteiger charge is -2.00. The molecule has 17 heavy (non-hydrogen) atoms. The Morgan fingerprint density at radius 1 is 1.24 bits per heavy atom. The van der Waals surface area contributed by atoms with Gasteiger partial charge in [-0.2, -0.15) is 0 Å². The average molecular weight is 242 g/mol. The molecule has 0 amide bonds. The molecule has 0 spiro atoms. The van der Waals surface area contributed by atoms with E-state index in [-0.39, 0.29) is 5.56 Å². The summed E-state index contributed by atoms with van der Waals surface area (Å²) in [5, 5.41) is 0. The van der Waals surface area contributed by atoms with Gasteiger partial charge in [-0.1, -0.05) is 30.3 Å². The summed E-state index contributed by atoms with van der Waals surface area (Å²) in [6.45, 7) is 1.97. The van der Waals surface area contributed by atoms with E-state index in [1.54, 1.807) is 10.6 Å². The van der Waals surface area contributed by atoms with Crippen LogP contribution in [0.4, 0.5) is 0 Å². The highest BCUT2D eigenvalue weighted by molar-refractivity contribution is 7.16. The normalized spacial score (nSPS) is 10.9. The van der Waals surface area contributed by atoms with Gasteiger partial charge >= 0.3 is 0 Å². The van der Waals surface area contributed by atoms with Crippen molar-refractivity contribution < 1.29 is 0 Å². The zero-order valence-corrected chi connectivity index (χ0v) is 10.1. The number of benzene rings is 1. The molecule has 3 rings (SSSR count). The highest BCUT2D eigenvalue weighted by Gasteiger charge is 2.08. The molecule has 2 aromatic heterocycles. The Morgan fingerprint density at radius 3 is 2.76 bits per heavy atom. The number of thiazole rings is 1. The van der Waals surface area contributed by atoms with Crippen LogP contribution < -0.4 is 5.56 Å². The molecular formula is C13H10N2OS. The van der Waals surface area contributed by atoms with Crippen molar-refractivity contribution in [1.82, 2.24) is 9.38 Å². The monoisotopic (exact) mass is 242 g/mol. The summed E-state index contributed by atoms with van der Waals surface area (Å²) in [6, 6.07) is 9.61. The second kappa shape index (κ2) is 3.82. The van der Waals surface area contributed by atoms with Crippen LogP contribution >= 0.6 is 11.3 Å². The third-order valence-corrected chi connectivity index (χ3v) is 3.52. The largest absolute Gasteiger partial charge is 0.268 e. The zero-order valence-electron chi connectivity index (χ0n) is 9.25. The molecule has 2 heterocycles. The Bertz CT molecular complexity index is 728. The minimum absolute atomic E-state index is 0.00875. The van der Waals surface area contributed by atoms with Crippen molar-refractivity contribution in [2.75, 3.05) is 0 Å². The molecule has 0 unspecified atom stereocenters. The molecule has 0 saturated carbocycles. The lowest BCUT2D eigenvalue weighted by atomic mass is 10.1. The highest BCUT2D eigenvalue weighted by atomic mass is 32.1. The van der Waals surface area contributed by atoms with Crippen LogP contribution in [0.25, 0.3) is 16.1 Å². The van der Waals surface area contributed by atoms with Gasteiger partial charge < -0.3 is 0 Å². The highest BCUT2D eigenvalue weighted by Crippen LogP contribution is 2.17. The first-order valence-corrected chi connectivity index (χ1v) is 6.10.